The fourth-order valence-electron chi connectivity index (χ4n) is 1.90. The summed E-state index contributed by atoms with van der Waals surface area (Å²) in [6.45, 7) is 4.23. The molecule has 0 aliphatic heterocycles. The maximum Gasteiger partial charge on any atom is 0.337 e. The summed E-state index contributed by atoms with van der Waals surface area (Å²) in [4.78, 5) is 13.0. The van der Waals surface area contributed by atoms with Crippen LogP contribution in [0.25, 0.3) is 0 Å². The van der Waals surface area contributed by atoms with E-state index < -0.39 is 5.97 Å². The van der Waals surface area contributed by atoms with Gasteiger partial charge in [-0.15, -0.1) is 0 Å². The highest BCUT2D eigenvalue weighted by atomic mass is 16.4. The summed E-state index contributed by atoms with van der Waals surface area (Å²) >= 11 is 0. The molecule has 1 unspecified atom stereocenters. The quantitative estimate of drug-likeness (QED) is 0.771. The zero-order valence-electron chi connectivity index (χ0n) is 10.6. The second-order valence-corrected chi connectivity index (χ2v) is 4.29. The second kappa shape index (κ2) is 5.57. The molecule has 0 spiro atoms. The maximum absolute atomic E-state index is 11.0. The number of para-hydroxylation sites is 1. The van der Waals surface area contributed by atoms with Crippen molar-refractivity contribution in [2.45, 2.75) is 32.7 Å². The topological polar surface area (TPSA) is 66.6 Å². The van der Waals surface area contributed by atoms with E-state index in [2.05, 4.69) is 13.8 Å². The number of hydrogen-bond donors (Lipinski definition) is 2. The van der Waals surface area contributed by atoms with Crippen LogP contribution in [0.3, 0.4) is 0 Å². The van der Waals surface area contributed by atoms with E-state index in [1.165, 1.54) is 6.07 Å². The molecule has 4 heteroatoms. The highest BCUT2D eigenvalue weighted by Crippen LogP contribution is 2.28. The van der Waals surface area contributed by atoms with Crippen molar-refractivity contribution >= 4 is 17.3 Å². The van der Waals surface area contributed by atoms with Crippen LogP contribution in [-0.4, -0.2) is 24.2 Å². The van der Waals surface area contributed by atoms with E-state index >= 15 is 0 Å². The minimum absolute atomic E-state index is 0.165. The van der Waals surface area contributed by atoms with Gasteiger partial charge >= 0.3 is 5.97 Å². The first-order valence-corrected chi connectivity index (χ1v) is 5.83. The van der Waals surface area contributed by atoms with Crippen LogP contribution in [-0.2, 0) is 0 Å². The maximum atomic E-state index is 11.0. The van der Waals surface area contributed by atoms with Crippen LogP contribution < -0.4 is 10.6 Å². The van der Waals surface area contributed by atoms with Crippen LogP contribution in [0.2, 0.25) is 0 Å². The van der Waals surface area contributed by atoms with E-state index in [1.807, 2.05) is 18.0 Å². The van der Waals surface area contributed by atoms with Crippen LogP contribution in [0.5, 0.6) is 0 Å². The van der Waals surface area contributed by atoms with E-state index in [9.17, 15) is 4.79 Å². The van der Waals surface area contributed by atoms with Crippen molar-refractivity contribution in [2.75, 3.05) is 17.7 Å². The van der Waals surface area contributed by atoms with Crippen molar-refractivity contribution in [3.8, 4) is 0 Å². The highest BCUT2D eigenvalue weighted by molar-refractivity contribution is 5.97. The molecule has 0 aromatic heterocycles. The third-order valence-corrected chi connectivity index (χ3v) is 3.06. The van der Waals surface area contributed by atoms with Gasteiger partial charge in [0.2, 0.25) is 0 Å². The predicted molar refractivity (Wildman–Crippen MR) is 70.6 cm³/mol. The molecular formula is C13H20N2O2. The molecule has 0 heterocycles. The first-order valence-electron chi connectivity index (χ1n) is 5.83. The monoisotopic (exact) mass is 236 g/mol. The minimum atomic E-state index is -0.985. The van der Waals surface area contributed by atoms with Gasteiger partial charge in [-0.05, 0) is 25.5 Å². The SMILES string of the molecule is CCCC(C)N(C)c1cccc(C(=O)O)c1N. The van der Waals surface area contributed by atoms with Gasteiger partial charge < -0.3 is 15.7 Å². The average Bonchev–Trinajstić information content (AvgIpc) is 2.28. The molecule has 1 rings (SSSR count). The average molecular weight is 236 g/mol. The van der Waals surface area contributed by atoms with Crippen molar-refractivity contribution in [3.63, 3.8) is 0 Å². The fourth-order valence-corrected chi connectivity index (χ4v) is 1.90. The Balaban J connectivity index is 3.06. The number of carbonyl (C=O) groups is 1. The molecule has 0 aliphatic carbocycles. The van der Waals surface area contributed by atoms with Crippen molar-refractivity contribution < 1.29 is 9.90 Å². The van der Waals surface area contributed by atoms with Gasteiger partial charge in [0, 0.05) is 13.1 Å². The number of anilines is 2. The molecule has 1 aromatic rings. The lowest BCUT2D eigenvalue weighted by molar-refractivity contribution is 0.0698. The lowest BCUT2D eigenvalue weighted by atomic mass is 10.1. The second-order valence-electron chi connectivity index (χ2n) is 4.29. The number of carboxylic acids is 1. The number of carboxylic acid groups (broad SMARTS) is 1. The molecular weight excluding hydrogens is 216 g/mol. The smallest absolute Gasteiger partial charge is 0.337 e. The van der Waals surface area contributed by atoms with Crippen LogP contribution in [0.1, 0.15) is 37.0 Å². The molecule has 0 saturated carbocycles. The summed E-state index contributed by atoms with van der Waals surface area (Å²) in [5.74, 6) is -0.985. The Hall–Kier alpha value is -1.71. The summed E-state index contributed by atoms with van der Waals surface area (Å²) in [6.07, 6.45) is 2.14. The minimum Gasteiger partial charge on any atom is -0.478 e. The van der Waals surface area contributed by atoms with Crippen LogP contribution in [0.15, 0.2) is 18.2 Å². The number of nitrogen functional groups attached to an aromatic ring is 1. The zero-order valence-corrected chi connectivity index (χ0v) is 10.6. The van der Waals surface area contributed by atoms with Gasteiger partial charge in [-0.1, -0.05) is 19.4 Å². The summed E-state index contributed by atoms with van der Waals surface area (Å²) in [5, 5.41) is 9.02. The molecule has 17 heavy (non-hydrogen) atoms. The van der Waals surface area contributed by atoms with Crippen LogP contribution >= 0.6 is 0 Å². The first kappa shape index (κ1) is 13.4. The largest absolute Gasteiger partial charge is 0.478 e. The number of benzene rings is 1. The predicted octanol–water partition coefficient (Wildman–Crippen LogP) is 2.59. The van der Waals surface area contributed by atoms with Gasteiger partial charge in [-0.2, -0.15) is 0 Å². The van der Waals surface area contributed by atoms with E-state index in [0.29, 0.717) is 11.7 Å². The van der Waals surface area contributed by atoms with Gasteiger partial charge in [0.25, 0.3) is 0 Å². The molecule has 4 nitrogen and oxygen atoms in total. The molecule has 94 valence electrons. The number of rotatable bonds is 5. The zero-order chi connectivity index (χ0) is 13.0. The molecule has 0 bridgehead atoms. The fraction of sp³-hybridized carbons (Fsp3) is 0.462. The number of nitrogens with two attached hydrogens (primary N) is 1. The molecule has 0 aliphatic rings. The Kier molecular flexibility index (Phi) is 4.37. The van der Waals surface area contributed by atoms with Crippen LogP contribution in [0, 0.1) is 0 Å². The van der Waals surface area contributed by atoms with Crippen molar-refractivity contribution in [3.05, 3.63) is 23.8 Å². The van der Waals surface area contributed by atoms with E-state index in [-0.39, 0.29) is 5.56 Å². The molecule has 0 amide bonds. The summed E-state index contributed by atoms with van der Waals surface area (Å²) in [5.41, 5.74) is 7.18. The number of aromatic carboxylic acids is 1. The van der Waals surface area contributed by atoms with E-state index in [4.69, 9.17) is 10.8 Å². The Morgan fingerprint density at radius 1 is 1.53 bits per heavy atom. The van der Waals surface area contributed by atoms with Gasteiger partial charge in [0.15, 0.2) is 0 Å². The summed E-state index contributed by atoms with van der Waals surface area (Å²) in [6, 6.07) is 5.45. The van der Waals surface area contributed by atoms with Crippen molar-refractivity contribution in [1.29, 1.82) is 0 Å². The molecule has 0 fully saturated rings. The standard InChI is InChI=1S/C13H20N2O2/c1-4-6-9(2)15(3)11-8-5-7-10(12(11)14)13(16)17/h5,7-9H,4,6,14H2,1-3H3,(H,16,17). The van der Waals surface area contributed by atoms with E-state index in [1.54, 1.807) is 6.07 Å². The Morgan fingerprint density at radius 3 is 2.71 bits per heavy atom. The van der Waals surface area contributed by atoms with Crippen molar-refractivity contribution in [1.82, 2.24) is 0 Å². The van der Waals surface area contributed by atoms with Crippen molar-refractivity contribution in [2.24, 2.45) is 0 Å². The van der Waals surface area contributed by atoms with Gasteiger partial charge in [0.1, 0.15) is 0 Å². The summed E-state index contributed by atoms with van der Waals surface area (Å²) < 4.78 is 0. The Labute approximate surface area is 102 Å². The Morgan fingerprint density at radius 2 is 2.18 bits per heavy atom. The van der Waals surface area contributed by atoms with Gasteiger partial charge in [-0.3, -0.25) is 0 Å². The highest BCUT2D eigenvalue weighted by Gasteiger charge is 2.16. The van der Waals surface area contributed by atoms with Gasteiger partial charge in [0.05, 0.1) is 16.9 Å². The molecule has 0 radical (unpaired) electrons. The molecule has 0 saturated heterocycles. The molecule has 1 atom stereocenters. The van der Waals surface area contributed by atoms with Crippen LogP contribution in [0.4, 0.5) is 11.4 Å². The molecule has 3 N–H and O–H groups in total. The lowest BCUT2D eigenvalue weighted by Crippen LogP contribution is -2.29. The first-order chi connectivity index (χ1) is 7.99. The number of nitrogens with zero attached hydrogens (tertiary/aromatic N) is 1. The Bertz CT molecular complexity index is 404. The van der Waals surface area contributed by atoms with E-state index in [0.717, 1.165) is 18.5 Å². The lowest BCUT2D eigenvalue weighted by Gasteiger charge is -2.28. The third kappa shape index (κ3) is 2.90. The normalized spacial score (nSPS) is 12.2. The third-order valence-electron chi connectivity index (χ3n) is 3.06. The van der Waals surface area contributed by atoms with Gasteiger partial charge in [-0.25, -0.2) is 4.79 Å². The molecule has 1 aromatic carbocycles. The number of hydrogen-bond acceptors (Lipinski definition) is 3. The summed E-state index contributed by atoms with van der Waals surface area (Å²) in [7, 11) is 1.94.